The monoisotopic (exact) mass is 242 g/mol. The smallest absolute Gasteiger partial charge is 0.223 e. The predicted octanol–water partition coefficient (Wildman–Crippen LogP) is 1.26. The normalized spacial score (nSPS) is 18.9. The number of carbonyl (C=O) groups excluding carboxylic acids is 1. The van der Waals surface area contributed by atoms with Crippen LogP contribution in [0.5, 0.6) is 0 Å². The van der Waals surface area contributed by atoms with Crippen molar-refractivity contribution in [3.05, 3.63) is 35.9 Å². The summed E-state index contributed by atoms with van der Waals surface area (Å²) >= 11 is 0. The molecule has 0 aromatic heterocycles. The van der Waals surface area contributed by atoms with Crippen molar-refractivity contribution in [2.24, 2.45) is 5.92 Å². The van der Waals surface area contributed by atoms with E-state index in [-0.39, 0.29) is 11.8 Å². The maximum Gasteiger partial charge on any atom is 0.223 e. The van der Waals surface area contributed by atoms with Gasteiger partial charge in [-0.25, -0.2) is 0 Å². The summed E-state index contributed by atoms with van der Waals surface area (Å²) in [5.74, 6) is 2.94. The van der Waals surface area contributed by atoms with Crippen molar-refractivity contribution >= 4 is 5.91 Å². The van der Waals surface area contributed by atoms with Gasteiger partial charge in [-0.3, -0.25) is 4.79 Å². The van der Waals surface area contributed by atoms with Gasteiger partial charge in [-0.05, 0) is 5.56 Å². The molecule has 1 aromatic carbocycles. The van der Waals surface area contributed by atoms with Gasteiger partial charge in [-0.1, -0.05) is 30.3 Å². The van der Waals surface area contributed by atoms with Crippen molar-refractivity contribution in [1.82, 2.24) is 10.2 Å². The zero-order valence-corrected chi connectivity index (χ0v) is 10.4. The molecule has 1 amide bonds. The van der Waals surface area contributed by atoms with E-state index in [9.17, 15) is 4.79 Å². The number of hydrogen-bond donors (Lipinski definition) is 1. The Bertz CT molecular complexity index is 436. The van der Waals surface area contributed by atoms with Crippen molar-refractivity contribution in [2.75, 3.05) is 19.6 Å². The molecule has 1 aliphatic rings. The third kappa shape index (κ3) is 3.35. The molecule has 94 valence electrons. The molecule has 1 atom stereocenters. The molecule has 1 saturated heterocycles. The van der Waals surface area contributed by atoms with Gasteiger partial charge in [-0.2, -0.15) is 0 Å². The third-order valence-electron chi connectivity index (χ3n) is 3.18. The molecule has 1 aliphatic heterocycles. The standard InChI is InChI=1S/C15H18N2O/c1-2-13-10-15(18)17(12-13)9-8-16-11-14-6-4-3-5-7-14/h1,3-7,13,16H,8-12H2. The maximum atomic E-state index is 11.6. The first-order valence-corrected chi connectivity index (χ1v) is 6.28. The van der Waals surface area contributed by atoms with E-state index >= 15 is 0 Å². The minimum absolute atomic E-state index is 0.103. The van der Waals surface area contributed by atoms with Gasteiger partial charge in [0, 0.05) is 38.5 Å². The average Bonchev–Trinajstić information content (AvgIpc) is 2.77. The summed E-state index contributed by atoms with van der Waals surface area (Å²) in [4.78, 5) is 13.5. The average molecular weight is 242 g/mol. The van der Waals surface area contributed by atoms with Gasteiger partial charge < -0.3 is 10.2 Å². The van der Waals surface area contributed by atoms with Crippen LogP contribution in [0.1, 0.15) is 12.0 Å². The molecule has 18 heavy (non-hydrogen) atoms. The number of nitrogens with zero attached hydrogens (tertiary/aromatic N) is 1. The van der Waals surface area contributed by atoms with Crippen LogP contribution in [0.3, 0.4) is 0 Å². The van der Waals surface area contributed by atoms with E-state index in [1.165, 1.54) is 5.56 Å². The molecule has 1 N–H and O–H groups in total. The van der Waals surface area contributed by atoms with E-state index in [1.807, 2.05) is 23.1 Å². The van der Waals surface area contributed by atoms with E-state index < -0.39 is 0 Å². The van der Waals surface area contributed by atoms with Crippen molar-refractivity contribution in [2.45, 2.75) is 13.0 Å². The fraction of sp³-hybridized carbons (Fsp3) is 0.400. The van der Waals surface area contributed by atoms with Gasteiger partial charge >= 0.3 is 0 Å². The third-order valence-corrected chi connectivity index (χ3v) is 3.18. The van der Waals surface area contributed by atoms with Crippen LogP contribution in [0.25, 0.3) is 0 Å². The molecule has 1 fully saturated rings. The number of nitrogens with one attached hydrogen (secondary N) is 1. The number of amides is 1. The van der Waals surface area contributed by atoms with Crippen LogP contribution in [0.4, 0.5) is 0 Å². The second-order valence-corrected chi connectivity index (χ2v) is 4.57. The zero-order chi connectivity index (χ0) is 12.8. The minimum Gasteiger partial charge on any atom is -0.340 e. The van der Waals surface area contributed by atoms with Crippen LogP contribution in [-0.4, -0.2) is 30.4 Å². The lowest BCUT2D eigenvalue weighted by atomic mass is 10.1. The van der Waals surface area contributed by atoms with Crippen LogP contribution < -0.4 is 5.32 Å². The van der Waals surface area contributed by atoms with Gasteiger partial charge in [0.1, 0.15) is 0 Å². The number of hydrogen-bond acceptors (Lipinski definition) is 2. The number of benzene rings is 1. The Morgan fingerprint density at radius 2 is 2.17 bits per heavy atom. The maximum absolute atomic E-state index is 11.6. The second kappa shape index (κ2) is 6.23. The Kier molecular flexibility index (Phi) is 4.38. The number of carbonyl (C=O) groups is 1. The van der Waals surface area contributed by atoms with Crippen molar-refractivity contribution < 1.29 is 4.79 Å². The van der Waals surface area contributed by atoms with Gasteiger partial charge in [0.25, 0.3) is 0 Å². The highest BCUT2D eigenvalue weighted by Gasteiger charge is 2.27. The summed E-state index contributed by atoms with van der Waals surface area (Å²) in [5.41, 5.74) is 1.26. The molecular formula is C15H18N2O. The summed E-state index contributed by atoms with van der Waals surface area (Å²) in [5, 5.41) is 3.34. The molecule has 0 spiro atoms. The Labute approximate surface area is 108 Å². The summed E-state index contributed by atoms with van der Waals surface area (Å²) in [6.07, 6.45) is 5.85. The topological polar surface area (TPSA) is 32.3 Å². The Balaban J connectivity index is 1.67. The van der Waals surface area contributed by atoms with Crippen molar-refractivity contribution in [3.63, 3.8) is 0 Å². The number of rotatable bonds is 5. The fourth-order valence-electron chi connectivity index (χ4n) is 2.14. The lowest BCUT2D eigenvalue weighted by molar-refractivity contribution is -0.127. The molecule has 0 radical (unpaired) electrons. The molecule has 0 aliphatic carbocycles. The van der Waals surface area contributed by atoms with E-state index in [1.54, 1.807) is 0 Å². The second-order valence-electron chi connectivity index (χ2n) is 4.57. The summed E-state index contributed by atoms with van der Waals surface area (Å²) in [6.45, 7) is 3.09. The molecule has 0 bridgehead atoms. The van der Waals surface area contributed by atoms with Crippen molar-refractivity contribution in [1.29, 1.82) is 0 Å². The highest BCUT2D eigenvalue weighted by Crippen LogP contribution is 2.15. The molecule has 1 aromatic rings. The van der Waals surface area contributed by atoms with Gasteiger partial charge in [0.15, 0.2) is 0 Å². The first-order valence-electron chi connectivity index (χ1n) is 6.28. The molecule has 3 heteroatoms. The van der Waals surface area contributed by atoms with E-state index in [4.69, 9.17) is 6.42 Å². The minimum atomic E-state index is 0.103. The fourth-order valence-corrected chi connectivity index (χ4v) is 2.14. The van der Waals surface area contributed by atoms with E-state index in [0.29, 0.717) is 13.0 Å². The van der Waals surface area contributed by atoms with Crippen LogP contribution >= 0.6 is 0 Å². The molecule has 0 saturated carbocycles. The quantitative estimate of drug-likeness (QED) is 0.623. The van der Waals surface area contributed by atoms with Gasteiger partial charge in [0.2, 0.25) is 5.91 Å². The van der Waals surface area contributed by atoms with Crippen LogP contribution in [0, 0.1) is 18.3 Å². The van der Waals surface area contributed by atoms with Gasteiger partial charge in [0.05, 0.1) is 0 Å². The van der Waals surface area contributed by atoms with Crippen LogP contribution in [0.15, 0.2) is 30.3 Å². The molecule has 2 rings (SSSR count). The molecule has 3 nitrogen and oxygen atoms in total. The highest BCUT2D eigenvalue weighted by atomic mass is 16.2. The zero-order valence-electron chi connectivity index (χ0n) is 10.4. The number of terminal acetylenes is 1. The SMILES string of the molecule is C#CC1CC(=O)N(CCNCc2ccccc2)C1. The summed E-state index contributed by atoms with van der Waals surface area (Å²) < 4.78 is 0. The Morgan fingerprint density at radius 3 is 2.83 bits per heavy atom. The largest absolute Gasteiger partial charge is 0.340 e. The molecule has 1 heterocycles. The lowest BCUT2D eigenvalue weighted by Gasteiger charge is -2.16. The Morgan fingerprint density at radius 1 is 1.39 bits per heavy atom. The van der Waals surface area contributed by atoms with E-state index in [2.05, 4.69) is 23.4 Å². The predicted molar refractivity (Wildman–Crippen MR) is 71.7 cm³/mol. The lowest BCUT2D eigenvalue weighted by Crippen LogP contribution is -2.33. The highest BCUT2D eigenvalue weighted by molar-refractivity contribution is 5.79. The number of likely N-dealkylation sites (tertiary alicyclic amines) is 1. The molecule has 1 unspecified atom stereocenters. The summed E-state index contributed by atoms with van der Waals surface area (Å²) in [7, 11) is 0. The first-order chi connectivity index (χ1) is 8.79. The van der Waals surface area contributed by atoms with Crippen LogP contribution in [-0.2, 0) is 11.3 Å². The Hall–Kier alpha value is -1.79. The molecular weight excluding hydrogens is 224 g/mol. The summed E-state index contributed by atoms with van der Waals surface area (Å²) in [6, 6.07) is 10.2. The van der Waals surface area contributed by atoms with E-state index in [0.717, 1.165) is 19.6 Å². The first kappa shape index (κ1) is 12.7. The van der Waals surface area contributed by atoms with Gasteiger partial charge in [-0.15, -0.1) is 12.3 Å². The van der Waals surface area contributed by atoms with Crippen molar-refractivity contribution in [3.8, 4) is 12.3 Å². The van der Waals surface area contributed by atoms with Crippen LogP contribution in [0.2, 0.25) is 0 Å².